The van der Waals surface area contributed by atoms with Crippen LogP contribution in [0.5, 0.6) is 5.75 Å². The minimum absolute atomic E-state index is 0.0992. The van der Waals surface area contributed by atoms with Gasteiger partial charge in [0.25, 0.3) is 0 Å². The van der Waals surface area contributed by atoms with Gasteiger partial charge in [-0.3, -0.25) is 0 Å². The van der Waals surface area contributed by atoms with E-state index in [0.717, 1.165) is 11.3 Å². The Balaban J connectivity index is 2.08. The third-order valence-corrected chi connectivity index (χ3v) is 4.72. The molecule has 1 heterocycles. The molecule has 0 saturated heterocycles. The molecule has 1 atom stereocenters. The standard InChI is InChI=1S/C18H17ClN2O5S/c1-3-24-18(23)15-14(13(8-20)16(21)27-15)9-25-17(22)10(2)26-12-6-4-11(19)5-7-12/h4-7,10H,3,9,21H2,1-2H3/t10-/m0/s1. The summed E-state index contributed by atoms with van der Waals surface area (Å²) in [5, 5.41) is 9.97. The van der Waals surface area contributed by atoms with Crippen LogP contribution in [0.25, 0.3) is 0 Å². The third-order valence-electron chi connectivity index (χ3n) is 3.42. The van der Waals surface area contributed by atoms with Crippen LogP contribution in [0, 0.1) is 11.3 Å². The number of esters is 2. The van der Waals surface area contributed by atoms with Crippen LogP contribution in [0.2, 0.25) is 5.02 Å². The van der Waals surface area contributed by atoms with Crippen LogP contribution in [0.1, 0.15) is 34.6 Å². The van der Waals surface area contributed by atoms with E-state index in [-0.39, 0.29) is 34.2 Å². The molecule has 2 aromatic rings. The van der Waals surface area contributed by atoms with Crippen molar-refractivity contribution in [2.24, 2.45) is 0 Å². The molecule has 142 valence electrons. The van der Waals surface area contributed by atoms with E-state index in [1.807, 2.05) is 6.07 Å². The summed E-state index contributed by atoms with van der Waals surface area (Å²) in [4.78, 5) is 24.4. The molecule has 0 spiro atoms. The molecule has 2 N–H and O–H groups in total. The van der Waals surface area contributed by atoms with Crippen molar-refractivity contribution in [3.63, 3.8) is 0 Å². The number of hydrogen-bond acceptors (Lipinski definition) is 8. The molecular formula is C18H17ClN2O5S. The Kier molecular flexibility index (Phi) is 7.05. The number of nitrogens with zero attached hydrogens (tertiary/aromatic N) is 1. The van der Waals surface area contributed by atoms with Crippen molar-refractivity contribution >= 4 is 39.9 Å². The van der Waals surface area contributed by atoms with Gasteiger partial charge in [-0.1, -0.05) is 11.6 Å². The molecule has 0 aliphatic rings. The highest BCUT2D eigenvalue weighted by Crippen LogP contribution is 2.32. The lowest BCUT2D eigenvalue weighted by atomic mass is 10.1. The van der Waals surface area contributed by atoms with Crippen LogP contribution >= 0.6 is 22.9 Å². The highest BCUT2D eigenvalue weighted by molar-refractivity contribution is 7.18. The van der Waals surface area contributed by atoms with Crippen LogP contribution in [-0.2, 0) is 20.9 Å². The second-order valence-corrected chi connectivity index (χ2v) is 6.79. The molecule has 0 amide bonds. The van der Waals surface area contributed by atoms with Crippen molar-refractivity contribution in [1.82, 2.24) is 0 Å². The Labute approximate surface area is 165 Å². The van der Waals surface area contributed by atoms with Crippen LogP contribution in [0.15, 0.2) is 24.3 Å². The van der Waals surface area contributed by atoms with Crippen molar-refractivity contribution < 1.29 is 23.8 Å². The fourth-order valence-electron chi connectivity index (χ4n) is 2.13. The van der Waals surface area contributed by atoms with Gasteiger partial charge in [-0.15, -0.1) is 11.3 Å². The number of anilines is 1. The van der Waals surface area contributed by atoms with Crippen LogP contribution in [0.4, 0.5) is 5.00 Å². The zero-order chi connectivity index (χ0) is 20.0. The Morgan fingerprint density at radius 2 is 1.96 bits per heavy atom. The van der Waals surface area contributed by atoms with Gasteiger partial charge in [-0.2, -0.15) is 5.26 Å². The molecule has 7 nitrogen and oxygen atoms in total. The quantitative estimate of drug-likeness (QED) is 0.697. The van der Waals surface area contributed by atoms with E-state index >= 15 is 0 Å². The SMILES string of the molecule is CCOC(=O)c1sc(N)c(C#N)c1COC(=O)[C@H](C)Oc1ccc(Cl)cc1. The largest absolute Gasteiger partial charge is 0.479 e. The van der Waals surface area contributed by atoms with Gasteiger partial charge in [0.15, 0.2) is 6.10 Å². The van der Waals surface area contributed by atoms with E-state index in [4.69, 9.17) is 31.5 Å². The zero-order valence-corrected chi connectivity index (χ0v) is 16.2. The normalized spacial score (nSPS) is 11.3. The van der Waals surface area contributed by atoms with Gasteiger partial charge in [0.1, 0.15) is 28.3 Å². The smallest absolute Gasteiger partial charge is 0.348 e. The lowest BCUT2D eigenvalue weighted by Crippen LogP contribution is -2.26. The van der Waals surface area contributed by atoms with E-state index < -0.39 is 18.0 Å². The average molecular weight is 409 g/mol. The van der Waals surface area contributed by atoms with Gasteiger partial charge in [0.2, 0.25) is 0 Å². The van der Waals surface area contributed by atoms with Crippen molar-refractivity contribution in [3.05, 3.63) is 45.3 Å². The number of benzene rings is 1. The molecule has 2 rings (SSSR count). The number of nitriles is 1. The number of rotatable bonds is 7. The second-order valence-electron chi connectivity index (χ2n) is 5.30. The first-order valence-corrected chi connectivity index (χ1v) is 9.14. The Hall–Kier alpha value is -2.76. The molecule has 1 aromatic heterocycles. The molecule has 0 aliphatic carbocycles. The van der Waals surface area contributed by atoms with Gasteiger partial charge in [-0.05, 0) is 38.1 Å². The van der Waals surface area contributed by atoms with Crippen molar-refractivity contribution in [1.29, 1.82) is 5.26 Å². The van der Waals surface area contributed by atoms with E-state index in [9.17, 15) is 14.9 Å². The van der Waals surface area contributed by atoms with E-state index in [1.54, 1.807) is 31.2 Å². The Morgan fingerprint density at radius 1 is 1.30 bits per heavy atom. The molecule has 27 heavy (non-hydrogen) atoms. The Morgan fingerprint density at radius 3 is 2.56 bits per heavy atom. The maximum atomic E-state index is 12.2. The minimum Gasteiger partial charge on any atom is -0.479 e. The summed E-state index contributed by atoms with van der Waals surface area (Å²) in [7, 11) is 0. The lowest BCUT2D eigenvalue weighted by molar-refractivity contribution is -0.152. The summed E-state index contributed by atoms with van der Waals surface area (Å²) >= 11 is 6.72. The molecule has 0 aliphatic heterocycles. The maximum Gasteiger partial charge on any atom is 0.348 e. The van der Waals surface area contributed by atoms with Crippen LogP contribution in [0.3, 0.4) is 0 Å². The number of carbonyl (C=O) groups excluding carboxylic acids is 2. The predicted octanol–water partition coefficient (Wildman–Crippen LogP) is 3.54. The number of hydrogen-bond donors (Lipinski definition) is 1. The molecule has 1 aromatic carbocycles. The number of ether oxygens (including phenoxy) is 3. The number of nitrogen functional groups attached to an aromatic ring is 1. The lowest BCUT2D eigenvalue weighted by Gasteiger charge is -2.14. The summed E-state index contributed by atoms with van der Waals surface area (Å²) in [5.74, 6) is -0.825. The van der Waals surface area contributed by atoms with Gasteiger partial charge in [0.05, 0.1) is 12.2 Å². The fourth-order valence-corrected chi connectivity index (χ4v) is 3.18. The summed E-state index contributed by atoms with van der Waals surface area (Å²) < 4.78 is 15.7. The molecule has 9 heteroatoms. The molecule has 0 saturated carbocycles. The highest BCUT2D eigenvalue weighted by Gasteiger charge is 2.25. The van der Waals surface area contributed by atoms with Gasteiger partial charge in [-0.25, -0.2) is 9.59 Å². The fraction of sp³-hybridized carbons (Fsp3) is 0.278. The predicted molar refractivity (Wildman–Crippen MR) is 101 cm³/mol. The number of carbonyl (C=O) groups is 2. The number of nitrogens with two attached hydrogens (primary N) is 1. The average Bonchev–Trinajstić information content (AvgIpc) is 2.97. The summed E-state index contributed by atoms with van der Waals surface area (Å²) in [6.45, 7) is 3.06. The van der Waals surface area contributed by atoms with Gasteiger partial charge >= 0.3 is 11.9 Å². The molecule has 0 fully saturated rings. The van der Waals surface area contributed by atoms with Crippen LogP contribution in [-0.4, -0.2) is 24.6 Å². The summed E-state index contributed by atoms with van der Waals surface area (Å²) in [6.07, 6.45) is -0.904. The third kappa shape index (κ3) is 5.12. The Bertz CT molecular complexity index is 873. The number of halogens is 1. The molecule has 0 unspecified atom stereocenters. The van der Waals surface area contributed by atoms with E-state index in [1.165, 1.54) is 6.92 Å². The maximum absolute atomic E-state index is 12.2. The van der Waals surface area contributed by atoms with Crippen molar-refractivity contribution in [2.75, 3.05) is 12.3 Å². The summed E-state index contributed by atoms with van der Waals surface area (Å²) in [5.41, 5.74) is 6.11. The monoisotopic (exact) mass is 408 g/mol. The minimum atomic E-state index is -0.904. The summed E-state index contributed by atoms with van der Waals surface area (Å²) in [6, 6.07) is 8.43. The first-order valence-electron chi connectivity index (χ1n) is 7.94. The molecular weight excluding hydrogens is 392 g/mol. The number of thiophene rings is 1. The van der Waals surface area contributed by atoms with Gasteiger partial charge < -0.3 is 19.9 Å². The molecule has 0 radical (unpaired) electrons. The topological polar surface area (TPSA) is 112 Å². The van der Waals surface area contributed by atoms with Crippen molar-refractivity contribution in [3.8, 4) is 11.8 Å². The molecule has 0 bridgehead atoms. The first-order chi connectivity index (χ1) is 12.9. The first kappa shape index (κ1) is 20.6. The van der Waals surface area contributed by atoms with Crippen LogP contribution < -0.4 is 10.5 Å². The van der Waals surface area contributed by atoms with E-state index in [0.29, 0.717) is 10.8 Å². The highest BCUT2D eigenvalue weighted by atomic mass is 35.5. The van der Waals surface area contributed by atoms with Gasteiger partial charge in [0, 0.05) is 10.6 Å². The second kappa shape index (κ2) is 9.26. The van der Waals surface area contributed by atoms with E-state index in [2.05, 4.69) is 0 Å². The van der Waals surface area contributed by atoms with Crippen molar-refractivity contribution in [2.45, 2.75) is 26.6 Å². The zero-order valence-electron chi connectivity index (χ0n) is 14.7.